The number of benzene rings is 3. The van der Waals surface area contributed by atoms with Crippen molar-refractivity contribution >= 4 is 31.8 Å². The summed E-state index contributed by atoms with van der Waals surface area (Å²) in [5.74, 6) is 0.754. The van der Waals surface area contributed by atoms with Crippen molar-refractivity contribution in [3.8, 4) is 5.75 Å². The van der Waals surface area contributed by atoms with E-state index in [9.17, 15) is 8.42 Å². The van der Waals surface area contributed by atoms with Crippen LogP contribution < -0.4 is 14.5 Å². The molecule has 0 unspecified atom stereocenters. The fourth-order valence-electron chi connectivity index (χ4n) is 4.01. The lowest BCUT2D eigenvalue weighted by molar-refractivity contribution is 0.131. The van der Waals surface area contributed by atoms with Gasteiger partial charge in [-0.05, 0) is 100.0 Å². The molecule has 0 aliphatic rings. The molecule has 3 aromatic carbocycles. The Morgan fingerprint density at radius 1 is 0.711 bits per heavy atom. The molecular weight excluding hydrogens is 516 g/mol. The fourth-order valence-corrected chi connectivity index (χ4v) is 9.77. The van der Waals surface area contributed by atoms with Crippen molar-refractivity contribution in [1.29, 1.82) is 0 Å². The highest BCUT2D eigenvalue weighted by atomic mass is 32.3. The summed E-state index contributed by atoms with van der Waals surface area (Å²) in [6.07, 6.45) is 1.35. The quantitative estimate of drug-likeness (QED) is 0.181. The number of hydrogen-bond acceptors (Lipinski definition) is 5. The first kappa shape index (κ1) is 29.9. The molecular formula is C30H43N2O4S2+. The summed E-state index contributed by atoms with van der Waals surface area (Å²) in [5.41, 5.74) is 1.73. The summed E-state index contributed by atoms with van der Waals surface area (Å²) < 4.78 is 38.0. The Hall–Kier alpha value is -2.68. The van der Waals surface area contributed by atoms with E-state index in [0.29, 0.717) is 6.42 Å². The van der Waals surface area contributed by atoms with Crippen molar-refractivity contribution < 1.29 is 16.8 Å². The van der Waals surface area contributed by atoms with Crippen LogP contribution in [0.15, 0.2) is 87.5 Å². The summed E-state index contributed by atoms with van der Waals surface area (Å²) in [6.45, 7) is 8.00. The molecule has 0 aliphatic heterocycles. The van der Waals surface area contributed by atoms with Gasteiger partial charge in [0.2, 0.25) is 0 Å². The number of ether oxygens (including phenoxy) is 1. The lowest BCUT2D eigenvalue weighted by Crippen LogP contribution is -2.23. The Morgan fingerprint density at radius 2 is 1.11 bits per heavy atom. The standard InChI is InChI=1S/C30H42N2O4S2/c1-9-10-23-37(33,34)36-38(27-17-11-24(12-18-27)31(5)6,28-19-13-25(14-20-28)32(7)8)29-21-15-26(16-22-29)35-30(2,3)4/h11-22H,9-10,23H2,1-8H3/p+1. The monoisotopic (exact) mass is 559 g/mol. The minimum Gasteiger partial charge on any atom is -0.488 e. The molecule has 3 aromatic rings. The summed E-state index contributed by atoms with van der Waals surface area (Å²) >= 11 is 0. The van der Waals surface area contributed by atoms with Gasteiger partial charge in [-0.25, -0.2) is 0 Å². The topological polar surface area (TPSA) is 62.7 Å². The summed E-state index contributed by atoms with van der Waals surface area (Å²) in [7, 11) is 1.71. The summed E-state index contributed by atoms with van der Waals surface area (Å²) in [6, 6.07) is 23.9. The van der Waals surface area contributed by atoms with Crippen LogP contribution in [0.2, 0.25) is 0 Å². The van der Waals surface area contributed by atoms with Crippen LogP contribution in [-0.2, 0) is 10.1 Å². The van der Waals surface area contributed by atoms with Crippen LogP contribution in [0.3, 0.4) is 0 Å². The van der Waals surface area contributed by atoms with Crippen LogP contribution in [0.1, 0.15) is 40.5 Å². The van der Waals surface area contributed by atoms with Crippen molar-refractivity contribution in [2.75, 3.05) is 43.7 Å². The van der Waals surface area contributed by atoms with Gasteiger partial charge in [-0.1, -0.05) is 13.3 Å². The van der Waals surface area contributed by atoms with Crippen LogP contribution in [-0.4, -0.2) is 51.6 Å². The third-order valence-corrected chi connectivity index (χ3v) is 11.4. The van der Waals surface area contributed by atoms with E-state index in [-0.39, 0.29) is 11.4 Å². The van der Waals surface area contributed by atoms with Crippen LogP contribution in [0.4, 0.5) is 11.4 Å². The highest BCUT2D eigenvalue weighted by molar-refractivity contribution is 8.32. The predicted molar refractivity (Wildman–Crippen MR) is 162 cm³/mol. The largest absolute Gasteiger partial charge is 0.488 e. The van der Waals surface area contributed by atoms with E-state index < -0.39 is 20.4 Å². The van der Waals surface area contributed by atoms with E-state index in [4.69, 9.17) is 8.37 Å². The molecule has 0 fully saturated rings. The molecule has 0 atom stereocenters. The second-order valence-corrected chi connectivity index (χ2v) is 15.5. The number of rotatable bonds is 11. The number of unbranched alkanes of at least 4 members (excludes halogenated alkanes) is 1. The molecule has 3 rings (SSSR count). The first-order valence-corrected chi connectivity index (χ1v) is 16.1. The first-order valence-electron chi connectivity index (χ1n) is 12.9. The van der Waals surface area contributed by atoms with Crippen molar-refractivity contribution in [2.45, 2.75) is 60.8 Å². The average molecular weight is 560 g/mol. The Labute approximate surface area is 231 Å². The van der Waals surface area contributed by atoms with Crippen LogP contribution in [0.25, 0.3) is 0 Å². The highest BCUT2D eigenvalue weighted by Gasteiger charge is 2.42. The van der Waals surface area contributed by atoms with Gasteiger partial charge in [0.15, 0.2) is 0 Å². The molecule has 0 saturated carbocycles. The second-order valence-electron chi connectivity index (χ2n) is 10.8. The molecule has 0 amide bonds. The van der Waals surface area contributed by atoms with Gasteiger partial charge in [-0.2, -0.15) is 8.42 Å². The van der Waals surface area contributed by atoms with E-state index in [1.807, 2.05) is 138 Å². The van der Waals surface area contributed by atoms with Crippen molar-refractivity contribution in [3.05, 3.63) is 72.8 Å². The molecule has 0 bridgehead atoms. The zero-order valence-corrected chi connectivity index (χ0v) is 25.6. The van der Waals surface area contributed by atoms with E-state index in [1.165, 1.54) is 0 Å². The molecule has 6 nitrogen and oxygen atoms in total. The van der Waals surface area contributed by atoms with Gasteiger partial charge in [0.05, 0.1) is 25.0 Å². The van der Waals surface area contributed by atoms with Gasteiger partial charge in [-0.15, -0.1) is 0 Å². The second kappa shape index (κ2) is 12.0. The molecule has 8 heteroatoms. The molecule has 0 saturated heterocycles. The lowest BCUT2D eigenvalue weighted by Gasteiger charge is -2.35. The Balaban J connectivity index is 2.30. The molecule has 0 heterocycles. The first-order chi connectivity index (χ1) is 17.8. The molecule has 0 aromatic heterocycles. The maximum Gasteiger partial charge on any atom is 0.390 e. The van der Waals surface area contributed by atoms with Gasteiger partial charge >= 0.3 is 10.1 Å². The van der Waals surface area contributed by atoms with E-state index in [1.54, 1.807) is 0 Å². The molecule has 208 valence electrons. The maximum atomic E-state index is 13.5. The van der Waals surface area contributed by atoms with Crippen LogP contribution in [0.5, 0.6) is 5.75 Å². The molecule has 0 radical (unpaired) electrons. The van der Waals surface area contributed by atoms with Crippen LogP contribution in [0, 0.1) is 0 Å². The SMILES string of the molecule is CCCCS(=O)(=O)[OH+]S(c1ccc(OC(C)(C)C)cc1)(c1ccc(N(C)C)cc1)c1ccc(N(C)C)cc1. The fraction of sp³-hybridized carbons (Fsp3) is 0.400. The number of nitrogens with zero attached hydrogens (tertiary/aromatic N) is 2. The van der Waals surface area contributed by atoms with Crippen molar-refractivity contribution in [3.63, 3.8) is 0 Å². The third-order valence-electron chi connectivity index (χ3n) is 5.96. The smallest absolute Gasteiger partial charge is 0.390 e. The van der Waals surface area contributed by atoms with Crippen molar-refractivity contribution in [2.24, 2.45) is 0 Å². The van der Waals surface area contributed by atoms with Gasteiger partial charge in [0, 0.05) is 39.6 Å². The van der Waals surface area contributed by atoms with Gasteiger partial charge < -0.3 is 14.5 Å². The third kappa shape index (κ3) is 7.24. The van der Waals surface area contributed by atoms with Gasteiger partial charge in [0.25, 0.3) is 0 Å². The average Bonchev–Trinajstić information content (AvgIpc) is 2.86. The Bertz CT molecular complexity index is 1230. The maximum absolute atomic E-state index is 13.5. The minimum atomic E-state index is -3.73. The van der Waals surface area contributed by atoms with E-state index in [0.717, 1.165) is 38.2 Å². The Kier molecular flexibility index (Phi) is 9.44. The number of hydrogen-bond donors (Lipinski definition) is 0. The summed E-state index contributed by atoms with van der Waals surface area (Å²) in [5, 5.41) is 0. The van der Waals surface area contributed by atoms with Crippen molar-refractivity contribution in [1.82, 2.24) is 0 Å². The van der Waals surface area contributed by atoms with Gasteiger partial charge in [-0.3, -0.25) is 3.63 Å². The predicted octanol–water partition coefficient (Wildman–Crippen LogP) is 7.42. The Morgan fingerprint density at radius 3 is 1.45 bits per heavy atom. The molecule has 38 heavy (non-hydrogen) atoms. The number of anilines is 2. The lowest BCUT2D eigenvalue weighted by atomic mass is 10.2. The van der Waals surface area contributed by atoms with Gasteiger partial charge in [0.1, 0.15) is 17.1 Å². The minimum absolute atomic E-state index is 0.0228. The normalized spacial score (nSPS) is 12.7. The molecule has 0 spiro atoms. The summed E-state index contributed by atoms with van der Waals surface area (Å²) in [4.78, 5) is 6.63. The molecule has 0 aliphatic carbocycles. The zero-order chi connectivity index (χ0) is 28.1. The van der Waals surface area contributed by atoms with E-state index >= 15 is 0 Å². The molecule has 1 N–H and O–H groups in total. The van der Waals surface area contributed by atoms with E-state index in [2.05, 4.69) is 0 Å². The van der Waals surface area contributed by atoms with Crippen LogP contribution >= 0.6 is 10.3 Å². The zero-order valence-electron chi connectivity index (χ0n) is 23.9. The highest BCUT2D eigenvalue weighted by Crippen LogP contribution is 2.68.